The molecule has 0 radical (unpaired) electrons. The molecular weight excluding hydrogens is 324 g/mol. The molecule has 0 aliphatic heterocycles. The van der Waals surface area contributed by atoms with Gasteiger partial charge in [-0.2, -0.15) is 0 Å². The van der Waals surface area contributed by atoms with Crippen molar-refractivity contribution in [3.05, 3.63) is 45.6 Å². The van der Waals surface area contributed by atoms with E-state index in [0.717, 1.165) is 4.47 Å². The number of halogens is 1. The SMILES string of the molecule is CCCC(NC)c1[nH]c(-c2ccc(Br)cc2)c2c1CCC2. The van der Waals surface area contributed by atoms with Crippen molar-refractivity contribution in [1.29, 1.82) is 0 Å². The maximum absolute atomic E-state index is 3.75. The Morgan fingerprint density at radius 3 is 2.57 bits per heavy atom. The zero-order valence-electron chi connectivity index (χ0n) is 12.8. The molecule has 1 unspecified atom stereocenters. The predicted octanol–water partition coefficient (Wildman–Crippen LogP) is 4.99. The van der Waals surface area contributed by atoms with Gasteiger partial charge in [0.1, 0.15) is 0 Å². The Hall–Kier alpha value is -1.06. The smallest absolute Gasteiger partial charge is 0.0491 e. The Labute approximate surface area is 135 Å². The molecule has 2 aromatic rings. The summed E-state index contributed by atoms with van der Waals surface area (Å²) < 4.78 is 1.13. The quantitative estimate of drug-likeness (QED) is 0.783. The van der Waals surface area contributed by atoms with Gasteiger partial charge in [0, 0.05) is 21.9 Å². The fourth-order valence-electron chi connectivity index (χ4n) is 3.48. The van der Waals surface area contributed by atoms with Crippen molar-refractivity contribution in [2.45, 2.75) is 45.1 Å². The van der Waals surface area contributed by atoms with Gasteiger partial charge in [-0.15, -0.1) is 0 Å². The molecule has 0 spiro atoms. The van der Waals surface area contributed by atoms with Crippen LogP contribution in [0.2, 0.25) is 0 Å². The first kappa shape index (κ1) is 14.9. The number of fused-ring (bicyclic) bond motifs is 1. The van der Waals surface area contributed by atoms with Gasteiger partial charge in [-0.05, 0) is 61.6 Å². The van der Waals surface area contributed by atoms with Crippen molar-refractivity contribution in [3.63, 3.8) is 0 Å². The van der Waals surface area contributed by atoms with Crippen molar-refractivity contribution < 1.29 is 0 Å². The third-order valence-corrected chi connectivity index (χ3v) is 5.04. The molecule has 0 bridgehead atoms. The fourth-order valence-corrected chi connectivity index (χ4v) is 3.75. The van der Waals surface area contributed by atoms with E-state index in [-0.39, 0.29) is 0 Å². The van der Waals surface area contributed by atoms with E-state index in [9.17, 15) is 0 Å². The van der Waals surface area contributed by atoms with E-state index in [0.29, 0.717) is 6.04 Å². The normalized spacial score (nSPS) is 15.2. The summed E-state index contributed by atoms with van der Waals surface area (Å²) in [6, 6.07) is 9.10. The van der Waals surface area contributed by atoms with Crippen molar-refractivity contribution in [2.24, 2.45) is 0 Å². The molecule has 0 saturated carbocycles. The first-order chi connectivity index (χ1) is 10.2. The highest BCUT2D eigenvalue weighted by atomic mass is 79.9. The van der Waals surface area contributed by atoms with Crippen LogP contribution in [0.25, 0.3) is 11.3 Å². The summed E-state index contributed by atoms with van der Waals surface area (Å²) in [5, 5.41) is 3.48. The Balaban J connectivity index is 2.04. The number of rotatable bonds is 5. The van der Waals surface area contributed by atoms with E-state index in [1.165, 1.54) is 49.1 Å². The molecule has 1 atom stereocenters. The molecular formula is C18H23BrN2. The zero-order valence-corrected chi connectivity index (χ0v) is 14.4. The second kappa shape index (κ2) is 6.37. The molecule has 1 aliphatic rings. The highest BCUT2D eigenvalue weighted by Crippen LogP contribution is 2.38. The molecule has 112 valence electrons. The van der Waals surface area contributed by atoms with Crippen LogP contribution in [0.4, 0.5) is 0 Å². The van der Waals surface area contributed by atoms with Crippen molar-refractivity contribution >= 4 is 15.9 Å². The summed E-state index contributed by atoms with van der Waals surface area (Å²) in [6.45, 7) is 2.25. The Kier molecular flexibility index (Phi) is 4.51. The van der Waals surface area contributed by atoms with Gasteiger partial charge in [-0.1, -0.05) is 41.4 Å². The largest absolute Gasteiger partial charge is 0.357 e. The van der Waals surface area contributed by atoms with Crippen LogP contribution in [0.1, 0.15) is 49.0 Å². The van der Waals surface area contributed by atoms with E-state index in [4.69, 9.17) is 0 Å². The molecule has 21 heavy (non-hydrogen) atoms. The zero-order chi connectivity index (χ0) is 14.8. The highest BCUT2D eigenvalue weighted by molar-refractivity contribution is 9.10. The first-order valence-electron chi connectivity index (χ1n) is 7.91. The molecule has 0 saturated heterocycles. The summed E-state index contributed by atoms with van der Waals surface area (Å²) in [5.74, 6) is 0. The second-order valence-electron chi connectivity index (χ2n) is 5.86. The molecule has 2 N–H and O–H groups in total. The number of aromatic nitrogens is 1. The Morgan fingerprint density at radius 2 is 1.90 bits per heavy atom. The molecule has 0 fully saturated rings. The van der Waals surface area contributed by atoms with Gasteiger partial charge in [-0.3, -0.25) is 0 Å². The van der Waals surface area contributed by atoms with E-state index < -0.39 is 0 Å². The van der Waals surface area contributed by atoms with Gasteiger partial charge in [-0.25, -0.2) is 0 Å². The minimum atomic E-state index is 0.450. The minimum absolute atomic E-state index is 0.450. The first-order valence-corrected chi connectivity index (χ1v) is 8.70. The molecule has 3 heteroatoms. The number of hydrogen-bond acceptors (Lipinski definition) is 1. The number of aromatic amines is 1. The molecule has 1 aliphatic carbocycles. The monoisotopic (exact) mass is 346 g/mol. The van der Waals surface area contributed by atoms with Crippen LogP contribution in [-0.4, -0.2) is 12.0 Å². The third kappa shape index (κ3) is 2.82. The lowest BCUT2D eigenvalue weighted by Crippen LogP contribution is -2.17. The second-order valence-corrected chi connectivity index (χ2v) is 6.78. The van der Waals surface area contributed by atoms with Crippen LogP contribution in [-0.2, 0) is 12.8 Å². The average Bonchev–Trinajstić information content (AvgIpc) is 3.08. The lowest BCUT2D eigenvalue weighted by atomic mass is 10.0. The number of benzene rings is 1. The molecule has 1 heterocycles. The van der Waals surface area contributed by atoms with Crippen LogP contribution in [0, 0.1) is 0 Å². The molecule has 1 aromatic heterocycles. The van der Waals surface area contributed by atoms with Crippen LogP contribution >= 0.6 is 15.9 Å². The summed E-state index contributed by atoms with van der Waals surface area (Å²) in [6.07, 6.45) is 6.11. The Bertz CT molecular complexity index is 613. The van der Waals surface area contributed by atoms with Gasteiger partial charge in [0.15, 0.2) is 0 Å². The fraction of sp³-hybridized carbons (Fsp3) is 0.444. The van der Waals surface area contributed by atoms with Gasteiger partial charge < -0.3 is 10.3 Å². The van der Waals surface area contributed by atoms with Crippen molar-refractivity contribution in [3.8, 4) is 11.3 Å². The molecule has 2 nitrogen and oxygen atoms in total. The van der Waals surface area contributed by atoms with Crippen molar-refractivity contribution in [2.75, 3.05) is 7.05 Å². The third-order valence-electron chi connectivity index (χ3n) is 4.51. The van der Waals surface area contributed by atoms with Crippen LogP contribution in [0.5, 0.6) is 0 Å². The lowest BCUT2D eigenvalue weighted by molar-refractivity contribution is 0.527. The number of nitrogens with one attached hydrogen (secondary N) is 2. The van der Waals surface area contributed by atoms with Gasteiger partial charge in [0.2, 0.25) is 0 Å². The summed E-state index contributed by atoms with van der Waals surface area (Å²) in [5.41, 5.74) is 7.17. The molecule has 1 aromatic carbocycles. The minimum Gasteiger partial charge on any atom is -0.357 e. The van der Waals surface area contributed by atoms with E-state index >= 15 is 0 Å². The lowest BCUT2D eigenvalue weighted by Gasteiger charge is -2.15. The van der Waals surface area contributed by atoms with Crippen LogP contribution in [0.15, 0.2) is 28.7 Å². The van der Waals surface area contributed by atoms with Gasteiger partial charge in [0.05, 0.1) is 0 Å². The standard InChI is InChI=1S/C18H23BrN2/c1-3-5-16(20-2)18-15-7-4-6-14(15)17(21-18)12-8-10-13(19)11-9-12/h8-11,16,20-21H,3-7H2,1-2H3. The highest BCUT2D eigenvalue weighted by Gasteiger charge is 2.25. The maximum Gasteiger partial charge on any atom is 0.0491 e. The van der Waals surface area contributed by atoms with Gasteiger partial charge in [0.25, 0.3) is 0 Å². The predicted molar refractivity (Wildman–Crippen MR) is 92.7 cm³/mol. The van der Waals surface area contributed by atoms with Crippen molar-refractivity contribution in [1.82, 2.24) is 10.3 Å². The Morgan fingerprint density at radius 1 is 1.19 bits per heavy atom. The number of H-pyrrole nitrogens is 1. The van der Waals surface area contributed by atoms with Crippen LogP contribution in [0.3, 0.4) is 0 Å². The average molecular weight is 347 g/mol. The summed E-state index contributed by atoms with van der Waals surface area (Å²) >= 11 is 3.52. The van der Waals surface area contributed by atoms with Crippen LogP contribution < -0.4 is 5.32 Å². The summed E-state index contributed by atoms with van der Waals surface area (Å²) in [4.78, 5) is 3.75. The van der Waals surface area contributed by atoms with E-state index in [1.54, 1.807) is 11.1 Å². The maximum atomic E-state index is 3.75. The van der Waals surface area contributed by atoms with E-state index in [2.05, 4.69) is 64.5 Å². The molecule has 3 rings (SSSR count). The summed E-state index contributed by atoms with van der Waals surface area (Å²) in [7, 11) is 2.07. The topological polar surface area (TPSA) is 27.8 Å². The number of hydrogen-bond donors (Lipinski definition) is 2. The van der Waals surface area contributed by atoms with Gasteiger partial charge >= 0.3 is 0 Å². The molecule has 0 amide bonds. The van der Waals surface area contributed by atoms with E-state index in [1.807, 2.05) is 0 Å².